The molecule has 6 heteroatoms. The zero-order chi connectivity index (χ0) is 15.0. The number of aryl methyl sites for hydroxylation is 1. The lowest BCUT2D eigenvalue weighted by molar-refractivity contribution is -0.136. The quantitative estimate of drug-likeness (QED) is 0.685. The van der Waals surface area contributed by atoms with E-state index < -0.39 is 17.9 Å². The van der Waals surface area contributed by atoms with Crippen molar-refractivity contribution in [2.45, 2.75) is 19.4 Å². The Morgan fingerprint density at radius 1 is 1.25 bits per heavy atom. The molecule has 1 aromatic rings. The maximum atomic E-state index is 11.6. The van der Waals surface area contributed by atoms with Crippen LogP contribution in [0.2, 0.25) is 0 Å². The number of carbonyl (C=O) groups excluding carboxylic acids is 2. The fourth-order valence-corrected chi connectivity index (χ4v) is 1.94. The van der Waals surface area contributed by atoms with Gasteiger partial charge in [-0.25, -0.2) is 0 Å². The Bertz CT molecular complexity index is 448. The smallest absolute Gasteiger partial charge is 0.313 e. The lowest BCUT2D eigenvalue weighted by Gasteiger charge is -2.11. The highest BCUT2D eigenvalue weighted by Gasteiger charge is 2.15. The number of nitrogens with one attached hydrogen (secondary N) is 2. The minimum absolute atomic E-state index is 0.205. The molecule has 0 saturated heterocycles. The first-order chi connectivity index (χ1) is 9.56. The number of hydrogen-bond donors (Lipinski definition) is 3. The molecule has 1 atom stereocenters. The molecule has 5 nitrogen and oxygen atoms in total. The minimum atomic E-state index is -0.752. The van der Waals surface area contributed by atoms with Crippen molar-refractivity contribution >= 4 is 29.3 Å². The topological polar surface area (TPSA) is 78.4 Å². The second kappa shape index (κ2) is 8.60. The SMILES string of the molecule is CSCCc1ccc(NC(=O)C(=O)NC(C)CO)cc1. The van der Waals surface area contributed by atoms with E-state index in [9.17, 15) is 9.59 Å². The molecule has 0 heterocycles. The average molecular weight is 296 g/mol. The van der Waals surface area contributed by atoms with Gasteiger partial charge >= 0.3 is 11.8 Å². The molecule has 0 aliphatic heterocycles. The summed E-state index contributed by atoms with van der Waals surface area (Å²) in [4.78, 5) is 23.1. The van der Waals surface area contributed by atoms with Crippen molar-refractivity contribution in [3.63, 3.8) is 0 Å². The van der Waals surface area contributed by atoms with Gasteiger partial charge in [0.25, 0.3) is 0 Å². The summed E-state index contributed by atoms with van der Waals surface area (Å²) < 4.78 is 0. The Kier molecular flexibility index (Phi) is 7.11. The van der Waals surface area contributed by atoms with Crippen molar-refractivity contribution in [3.05, 3.63) is 29.8 Å². The van der Waals surface area contributed by atoms with Gasteiger partial charge in [-0.1, -0.05) is 12.1 Å². The van der Waals surface area contributed by atoms with Crippen LogP contribution in [0.3, 0.4) is 0 Å². The molecule has 2 amide bonds. The van der Waals surface area contributed by atoms with Gasteiger partial charge < -0.3 is 15.7 Å². The summed E-state index contributed by atoms with van der Waals surface area (Å²) >= 11 is 1.78. The van der Waals surface area contributed by atoms with Crippen LogP contribution in [0, 0.1) is 0 Å². The molecule has 0 bridgehead atoms. The molecule has 0 saturated carbocycles. The van der Waals surface area contributed by atoms with Crippen LogP contribution in [0.1, 0.15) is 12.5 Å². The predicted molar refractivity (Wildman–Crippen MR) is 81.8 cm³/mol. The van der Waals surface area contributed by atoms with E-state index in [1.165, 1.54) is 5.56 Å². The standard InChI is InChI=1S/C14H20N2O3S/c1-10(9-17)15-13(18)14(19)16-12-5-3-11(4-6-12)7-8-20-2/h3-6,10,17H,7-9H2,1-2H3,(H,15,18)(H,16,19). The van der Waals surface area contributed by atoms with Crippen LogP contribution in [0.25, 0.3) is 0 Å². The Balaban J connectivity index is 2.51. The average Bonchev–Trinajstić information content (AvgIpc) is 2.46. The van der Waals surface area contributed by atoms with Gasteiger partial charge in [-0.15, -0.1) is 0 Å². The van der Waals surface area contributed by atoms with Crippen molar-refractivity contribution in [2.24, 2.45) is 0 Å². The maximum Gasteiger partial charge on any atom is 0.313 e. The molecule has 0 aliphatic carbocycles. The molecule has 1 aromatic carbocycles. The molecule has 1 unspecified atom stereocenters. The first-order valence-electron chi connectivity index (χ1n) is 6.37. The van der Waals surface area contributed by atoms with Crippen molar-refractivity contribution in [1.82, 2.24) is 5.32 Å². The molecule has 0 spiro atoms. The first kappa shape index (κ1) is 16.5. The number of rotatable bonds is 6. The van der Waals surface area contributed by atoms with E-state index in [-0.39, 0.29) is 6.61 Å². The largest absolute Gasteiger partial charge is 0.394 e. The fraction of sp³-hybridized carbons (Fsp3) is 0.429. The second-order valence-electron chi connectivity index (χ2n) is 4.45. The molecule has 0 aliphatic rings. The van der Waals surface area contributed by atoms with Crippen molar-refractivity contribution in [1.29, 1.82) is 0 Å². The van der Waals surface area contributed by atoms with Crippen LogP contribution in [0.5, 0.6) is 0 Å². The Labute approximate surface area is 123 Å². The highest BCUT2D eigenvalue weighted by molar-refractivity contribution is 7.98. The third-order valence-electron chi connectivity index (χ3n) is 2.66. The van der Waals surface area contributed by atoms with Crippen molar-refractivity contribution < 1.29 is 14.7 Å². The van der Waals surface area contributed by atoms with Gasteiger partial charge in [0, 0.05) is 11.7 Å². The van der Waals surface area contributed by atoms with Gasteiger partial charge in [0.15, 0.2) is 0 Å². The number of aliphatic hydroxyl groups excluding tert-OH is 1. The number of carbonyl (C=O) groups is 2. The van der Waals surface area contributed by atoms with Crippen molar-refractivity contribution in [3.8, 4) is 0 Å². The molecule has 0 radical (unpaired) electrons. The van der Waals surface area contributed by atoms with Gasteiger partial charge in [-0.3, -0.25) is 9.59 Å². The lowest BCUT2D eigenvalue weighted by atomic mass is 10.1. The van der Waals surface area contributed by atoms with Crippen molar-refractivity contribution in [2.75, 3.05) is 23.9 Å². The highest BCUT2D eigenvalue weighted by atomic mass is 32.2. The minimum Gasteiger partial charge on any atom is -0.394 e. The van der Waals surface area contributed by atoms with Gasteiger partial charge in [0.1, 0.15) is 0 Å². The first-order valence-corrected chi connectivity index (χ1v) is 7.76. The Morgan fingerprint density at radius 2 is 1.90 bits per heavy atom. The van der Waals surface area contributed by atoms with Crippen LogP contribution < -0.4 is 10.6 Å². The van der Waals surface area contributed by atoms with Gasteiger partial charge in [0.05, 0.1) is 6.61 Å². The molecule has 1 rings (SSSR count). The van der Waals surface area contributed by atoms with Gasteiger partial charge in [0.2, 0.25) is 0 Å². The summed E-state index contributed by atoms with van der Waals surface area (Å²) in [5.41, 5.74) is 1.77. The number of aliphatic hydroxyl groups is 1. The van der Waals surface area contributed by atoms with E-state index in [0.717, 1.165) is 12.2 Å². The molecular weight excluding hydrogens is 276 g/mol. The van der Waals surface area contributed by atoms with Crippen LogP contribution in [-0.4, -0.2) is 41.6 Å². The summed E-state index contributed by atoms with van der Waals surface area (Å²) in [6, 6.07) is 6.97. The van der Waals surface area contributed by atoms with E-state index in [0.29, 0.717) is 5.69 Å². The molecule has 20 heavy (non-hydrogen) atoms. The van der Waals surface area contributed by atoms with Crippen LogP contribution in [-0.2, 0) is 16.0 Å². The molecule has 110 valence electrons. The highest BCUT2D eigenvalue weighted by Crippen LogP contribution is 2.11. The Hall–Kier alpha value is -1.53. The number of benzene rings is 1. The number of hydrogen-bond acceptors (Lipinski definition) is 4. The summed E-state index contributed by atoms with van der Waals surface area (Å²) in [5, 5.41) is 13.7. The van der Waals surface area contributed by atoms with Crippen LogP contribution in [0.15, 0.2) is 24.3 Å². The van der Waals surface area contributed by atoms with Crippen LogP contribution >= 0.6 is 11.8 Å². The molecule has 0 aromatic heterocycles. The summed E-state index contributed by atoms with van der Waals surface area (Å²) in [7, 11) is 0. The third kappa shape index (κ3) is 5.63. The lowest BCUT2D eigenvalue weighted by Crippen LogP contribution is -2.42. The third-order valence-corrected chi connectivity index (χ3v) is 3.28. The van der Waals surface area contributed by atoms with E-state index in [1.807, 2.05) is 12.1 Å². The summed E-state index contributed by atoms with van der Waals surface area (Å²) in [5.74, 6) is -0.437. The predicted octanol–water partition coefficient (Wildman–Crippen LogP) is 1.03. The van der Waals surface area contributed by atoms with Gasteiger partial charge in [-0.2, -0.15) is 11.8 Å². The Morgan fingerprint density at radius 3 is 2.45 bits per heavy atom. The number of amides is 2. The second-order valence-corrected chi connectivity index (χ2v) is 5.44. The van der Waals surface area contributed by atoms with E-state index in [2.05, 4.69) is 16.9 Å². The monoisotopic (exact) mass is 296 g/mol. The summed E-state index contributed by atoms with van der Waals surface area (Å²) in [6.07, 6.45) is 3.03. The molecule has 0 fully saturated rings. The number of anilines is 1. The van der Waals surface area contributed by atoms with E-state index in [4.69, 9.17) is 5.11 Å². The van der Waals surface area contributed by atoms with Crippen LogP contribution in [0.4, 0.5) is 5.69 Å². The zero-order valence-corrected chi connectivity index (χ0v) is 12.5. The maximum absolute atomic E-state index is 11.6. The summed E-state index contributed by atoms with van der Waals surface area (Å²) in [6.45, 7) is 1.41. The normalized spacial score (nSPS) is 11.8. The van der Waals surface area contributed by atoms with E-state index in [1.54, 1.807) is 30.8 Å². The van der Waals surface area contributed by atoms with Gasteiger partial charge in [-0.05, 0) is 43.0 Å². The molecular formula is C14H20N2O3S. The number of thioether (sulfide) groups is 1. The van der Waals surface area contributed by atoms with E-state index >= 15 is 0 Å². The fourth-order valence-electron chi connectivity index (χ4n) is 1.50. The molecule has 3 N–H and O–H groups in total. The zero-order valence-electron chi connectivity index (χ0n) is 11.7.